The predicted octanol–water partition coefficient (Wildman–Crippen LogP) is 2.39. The maximum Gasteiger partial charge on any atom is 0.311 e. The van der Waals surface area contributed by atoms with Crippen LogP contribution in [0.1, 0.15) is 24.8 Å². The van der Waals surface area contributed by atoms with E-state index in [2.05, 4.69) is 5.32 Å². The first kappa shape index (κ1) is 13.2. The van der Waals surface area contributed by atoms with Gasteiger partial charge in [0.2, 0.25) is 0 Å². The predicted molar refractivity (Wildman–Crippen MR) is 76.8 cm³/mol. The highest BCUT2D eigenvalue weighted by atomic mass is 16.5. The van der Waals surface area contributed by atoms with Crippen molar-refractivity contribution in [3.63, 3.8) is 0 Å². The molecule has 0 aromatic heterocycles. The van der Waals surface area contributed by atoms with Crippen molar-refractivity contribution in [1.29, 1.82) is 0 Å². The maximum atomic E-state index is 12.1. The summed E-state index contributed by atoms with van der Waals surface area (Å²) in [5.41, 5.74) is 0.859. The molecule has 2 aliphatic rings. The highest BCUT2D eigenvalue weighted by molar-refractivity contribution is 5.76. The molecule has 20 heavy (non-hydrogen) atoms. The number of ether oxygens (including phenoxy) is 2. The SMILES string of the molecule is O=C(CC1CCNCC1)Oc1cccc2c1C=CCO2. The minimum atomic E-state index is -0.149. The van der Waals surface area contributed by atoms with Crippen molar-refractivity contribution in [2.45, 2.75) is 19.3 Å². The summed E-state index contributed by atoms with van der Waals surface area (Å²) in [5, 5.41) is 3.30. The molecule has 0 bridgehead atoms. The maximum absolute atomic E-state index is 12.1. The zero-order valence-corrected chi connectivity index (χ0v) is 11.4. The third kappa shape index (κ3) is 3.02. The third-order valence-corrected chi connectivity index (χ3v) is 3.78. The number of hydrogen-bond acceptors (Lipinski definition) is 4. The van der Waals surface area contributed by atoms with Crippen LogP contribution in [0.2, 0.25) is 0 Å². The number of carbonyl (C=O) groups is 1. The van der Waals surface area contributed by atoms with Gasteiger partial charge >= 0.3 is 5.97 Å². The van der Waals surface area contributed by atoms with Crippen molar-refractivity contribution in [2.75, 3.05) is 19.7 Å². The lowest BCUT2D eigenvalue weighted by Crippen LogP contribution is -2.29. The van der Waals surface area contributed by atoms with E-state index < -0.39 is 0 Å². The number of piperidine rings is 1. The molecule has 3 rings (SSSR count). The molecule has 1 fully saturated rings. The Morgan fingerprint density at radius 1 is 1.35 bits per heavy atom. The van der Waals surface area contributed by atoms with Gasteiger partial charge in [-0.25, -0.2) is 0 Å². The standard InChI is InChI=1S/C16H19NO3/c18-16(11-12-6-8-17-9-7-12)20-15-5-1-4-14-13(15)3-2-10-19-14/h1-5,12,17H,6-11H2. The van der Waals surface area contributed by atoms with Crippen LogP contribution in [0.15, 0.2) is 24.3 Å². The number of carbonyl (C=O) groups excluding carboxylic acids is 1. The first-order valence-electron chi connectivity index (χ1n) is 7.16. The zero-order valence-electron chi connectivity index (χ0n) is 11.4. The number of fused-ring (bicyclic) bond motifs is 1. The molecule has 106 valence electrons. The third-order valence-electron chi connectivity index (χ3n) is 3.78. The van der Waals surface area contributed by atoms with Crippen LogP contribution in [0.5, 0.6) is 11.5 Å². The van der Waals surface area contributed by atoms with Crippen LogP contribution in [0.3, 0.4) is 0 Å². The normalized spacial score (nSPS) is 18.2. The van der Waals surface area contributed by atoms with Gasteiger partial charge in [-0.05, 0) is 56.1 Å². The summed E-state index contributed by atoms with van der Waals surface area (Å²) in [7, 11) is 0. The van der Waals surface area contributed by atoms with Crippen LogP contribution in [-0.4, -0.2) is 25.7 Å². The van der Waals surface area contributed by atoms with E-state index in [-0.39, 0.29) is 5.97 Å². The first-order valence-corrected chi connectivity index (χ1v) is 7.16. The molecular formula is C16H19NO3. The minimum absolute atomic E-state index is 0.149. The summed E-state index contributed by atoms with van der Waals surface area (Å²) in [6.45, 7) is 2.56. The summed E-state index contributed by atoms with van der Waals surface area (Å²) in [6, 6.07) is 5.56. The topological polar surface area (TPSA) is 47.6 Å². The van der Waals surface area contributed by atoms with Gasteiger partial charge in [0.25, 0.3) is 0 Å². The Bertz CT molecular complexity index is 518. The minimum Gasteiger partial charge on any atom is -0.489 e. The van der Waals surface area contributed by atoms with E-state index in [9.17, 15) is 4.79 Å². The molecule has 0 radical (unpaired) electrons. The fourth-order valence-corrected chi connectivity index (χ4v) is 2.69. The molecule has 1 N–H and O–H groups in total. The Labute approximate surface area is 118 Å². The smallest absolute Gasteiger partial charge is 0.311 e. The molecule has 0 unspecified atom stereocenters. The molecule has 4 heteroatoms. The zero-order chi connectivity index (χ0) is 13.8. The Kier molecular flexibility index (Phi) is 4.02. The molecule has 2 heterocycles. The largest absolute Gasteiger partial charge is 0.489 e. The first-order chi connectivity index (χ1) is 9.83. The molecule has 0 atom stereocenters. The van der Waals surface area contributed by atoms with Gasteiger partial charge < -0.3 is 14.8 Å². The van der Waals surface area contributed by atoms with Gasteiger partial charge in [0.05, 0.1) is 5.56 Å². The lowest BCUT2D eigenvalue weighted by molar-refractivity contribution is -0.135. The van der Waals surface area contributed by atoms with E-state index in [1.807, 2.05) is 30.4 Å². The number of nitrogens with one attached hydrogen (secondary N) is 1. The van der Waals surface area contributed by atoms with E-state index in [1.54, 1.807) is 0 Å². The second-order valence-corrected chi connectivity index (χ2v) is 5.25. The van der Waals surface area contributed by atoms with Crippen LogP contribution < -0.4 is 14.8 Å². The molecule has 0 aliphatic carbocycles. The van der Waals surface area contributed by atoms with Crippen LogP contribution >= 0.6 is 0 Å². The van der Waals surface area contributed by atoms with Gasteiger partial charge in [0.1, 0.15) is 18.1 Å². The van der Waals surface area contributed by atoms with Gasteiger partial charge in [-0.2, -0.15) is 0 Å². The van der Waals surface area contributed by atoms with E-state index in [1.165, 1.54) is 0 Å². The Hall–Kier alpha value is -1.81. The summed E-state index contributed by atoms with van der Waals surface area (Å²) in [4.78, 5) is 12.1. The Morgan fingerprint density at radius 3 is 3.05 bits per heavy atom. The molecular weight excluding hydrogens is 254 g/mol. The van der Waals surface area contributed by atoms with Crippen molar-refractivity contribution in [1.82, 2.24) is 5.32 Å². The molecule has 1 saturated heterocycles. The van der Waals surface area contributed by atoms with Gasteiger partial charge in [-0.3, -0.25) is 4.79 Å². The molecule has 1 aromatic carbocycles. The molecule has 2 aliphatic heterocycles. The van der Waals surface area contributed by atoms with Crippen molar-refractivity contribution in [3.05, 3.63) is 29.8 Å². The second kappa shape index (κ2) is 6.09. The number of esters is 1. The highest BCUT2D eigenvalue weighted by Crippen LogP contribution is 2.32. The van der Waals surface area contributed by atoms with E-state index >= 15 is 0 Å². The Balaban J connectivity index is 1.65. The second-order valence-electron chi connectivity index (χ2n) is 5.25. The average Bonchev–Trinajstić information content (AvgIpc) is 2.48. The van der Waals surface area contributed by atoms with Gasteiger partial charge in [0.15, 0.2) is 0 Å². The van der Waals surface area contributed by atoms with Gasteiger partial charge in [0, 0.05) is 6.42 Å². The fourth-order valence-electron chi connectivity index (χ4n) is 2.69. The fraction of sp³-hybridized carbons (Fsp3) is 0.438. The molecule has 0 amide bonds. The number of benzene rings is 1. The molecule has 1 aromatic rings. The summed E-state index contributed by atoms with van der Waals surface area (Å²) in [6.07, 6.45) is 6.46. The van der Waals surface area contributed by atoms with E-state index in [4.69, 9.17) is 9.47 Å². The van der Waals surface area contributed by atoms with Crippen molar-refractivity contribution in [3.8, 4) is 11.5 Å². The van der Waals surface area contributed by atoms with E-state index in [0.29, 0.717) is 24.7 Å². The van der Waals surface area contributed by atoms with Crippen LogP contribution in [0, 0.1) is 5.92 Å². The lowest BCUT2D eigenvalue weighted by atomic mass is 9.95. The van der Waals surface area contributed by atoms with Crippen molar-refractivity contribution in [2.24, 2.45) is 5.92 Å². The van der Waals surface area contributed by atoms with E-state index in [0.717, 1.165) is 37.2 Å². The Morgan fingerprint density at radius 2 is 2.20 bits per heavy atom. The summed E-state index contributed by atoms with van der Waals surface area (Å²) >= 11 is 0. The van der Waals surface area contributed by atoms with Crippen LogP contribution in [-0.2, 0) is 4.79 Å². The molecule has 0 saturated carbocycles. The number of hydrogen-bond donors (Lipinski definition) is 1. The lowest BCUT2D eigenvalue weighted by Gasteiger charge is -2.22. The van der Waals surface area contributed by atoms with Crippen molar-refractivity contribution < 1.29 is 14.3 Å². The van der Waals surface area contributed by atoms with Crippen molar-refractivity contribution >= 4 is 12.0 Å². The summed E-state index contributed by atoms with van der Waals surface area (Å²) < 4.78 is 11.0. The average molecular weight is 273 g/mol. The highest BCUT2D eigenvalue weighted by Gasteiger charge is 2.19. The quantitative estimate of drug-likeness (QED) is 0.678. The molecule has 4 nitrogen and oxygen atoms in total. The number of rotatable bonds is 3. The van der Waals surface area contributed by atoms with Gasteiger partial charge in [-0.1, -0.05) is 6.07 Å². The van der Waals surface area contributed by atoms with Gasteiger partial charge in [-0.15, -0.1) is 0 Å². The van der Waals surface area contributed by atoms with Crippen LogP contribution in [0.25, 0.3) is 6.08 Å². The summed E-state index contributed by atoms with van der Waals surface area (Å²) in [5.74, 6) is 1.66. The molecule has 0 spiro atoms. The van der Waals surface area contributed by atoms with Crippen LogP contribution in [0.4, 0.5) is 0 Å². The monoisotopic (exact) mass is 273 g/mol.